The molecule has 0 aromatic carbocycles. The second-order valence-electron chi connectivity index (χ2n) is 0. The van der Waals surface area contributed by atoms with E-state index in [4.69, 9.17) is 0 Å². The third-order valence-electron chi connectivity index (χ3n) is 0. The maximum atomic E-state index is 0. The van der Waals surface area contributed by atoms with E-state index in [1.165, 1.54) is 0 Å². The van der Waals surface area contributed by atoms with Gasteiger partial charge in [-0.3, -0.25) is 0 Å². The molecule has 0 fully saturated rings. The molecule has 0 unspecified atom stereocenters. The molecule has 32 valence electrons. The molecule has 0 aliphatic heterocycles. The van der Waals surface area contributed by atoms with Gasteiger partial charge in [-0.2, -0.15) is 0 Å². The molecule has 8 N–H and O–H groups in total. The minimum Gasteiger partial charge on any atom is -1.00 e. The van der Waals surface area contributed by atoms with E-state index in [2.05, 4.69) is 0 Å². The van der Waals surface area contributed by atoms with Gasteiger partial charge in [0.2, 0.25) is 0 Å². The second kappa shape index (κ2) is 56.1. The molecule has 0 heterocycles. The Hall–Kier alpha value is 0.690. The van der Waals surface area contributed by atoms with Gasteiger partial charge in [-0.15, -0.1) is 0 Å². The van der Waals surface area contributed by atoms with Crippen LogP contribution < -0.4 is 41.7 Å². The summed E-state index contributed by atoms with van der Waals surface area (Å²) < 4.78 is 0. The van der Waals surface area contributed by atoms with E-state index in [-0.39, 0.29) is 41.7 Å². The van der Waals surface area contributed by atoms with Gasteiger partial charge in [-0.05, 0) is 0 Å². The maximum Gasteiger partial charge on any atom is -0.369 e. The molecule has 4 heteroatoms. The summed E-state index contributed by atoms with van der Waals surface area (Å²) in [7, 11) is 0. The van der Waals surface area contributed by atoms with Gasteiger partial charge < -0.3 is 41.7 Å². The summed E-state index contributed by atoms with van der Waals surface area (Å²) in [6, 6.07) is 0. The monoisotopic (exact) mass is 150 g/mol. The van der Waals surface area contributed by atoms with Crippen LogP contribution in [0.15, 0.2) is 0 Å². The standard InChI is InChI=1S/BrH.ClH.2H3N/h2*1H;2*1H3. The van der Waals surface area contributed by atoms with Crippen LogP contribution in [0.4, 0.5) is 0 Å². The van der Waals surface area contributed by atoms with Crippen LogP contribution in [-0.4, -0.2) is 0 Å². The van der Waals surface area contributed by atoms with E-state index in [0.29, 0.717) is 0 Å². The second-order valence-corrected chi connectivity index (χ2v) is 0. The Bertz CT molecular complexity index is 6.00. The van der Waals surface area contributed by atoms with Crippen molar-refractivity contribution < 1.29 is 29.4 Å². The first kappa shape index (κ1) is 134. The Kier molecular flexibility index (Phi) is 1880. The first-order valence-electron chi connectivity index (χ1n) is 0. The van der Waals surface area contributed by atoms with Crippen LogP contribution in [0.5, 0.6) is 0 Å². The minimum absolute atomic E-state index is 0. The van der Waals surface area contributed by atoms with Crippen LogP contribution in [0, 0.1) is 0 Å². The molecule has 0 radical (unpaired) electrons. The third kappa shape index (κ3) is 16.1. The fraction of sp³-hybridized carbons (Fsp3) is 0. The Labute approximate surface area is 42.3 Å². The van der Waals surface area contributed by atoms with Crippen LogP contribution in [0.25, 0.3) is 0 Å². The van der Waals surface area contributed by atoms with Crippen LogP contribution in [0.2, 0.25) is 0 Å². The molecule has 0 aromatic rings. The zero-order chi connectivity index (χ0) is 0. The van der Waals surface area contributed by atoms with E-state index in [1.807, 2.05) is 0 Å². The summed E-state index contributed by atoms with van der Waals surface area (Å²) in [6.45, 7) is 0. The van der Waals surface area contributed by atoms with Gasteiger partial charge in [0.05, 0.1) is 0 Å². The zero-order valence-electron chi connectivity index (χ0n) is 2.76. The zero-order valence-corrected chi connectivity index (χ0v) is 5.10. The highest BCUT2D eigenvalue weighted by Gasteiger charge is -0.368. The summed E-state index contributed by atoms with van der Waals surface area (Å²) in [5, 5.41) is 0. The molecule has 0 aliphatic carbocycles. The highest BCUT2D eigenvalue weighted by Crippen LogP contribution is -0.480. The lowest BCUT2D eigenvalue weighted by molar-refractivity contribution is -0.001000. The lowest BCUT2D eigenvalue weighted by Gasteiger charge is -1.00. The van der Waals surface area contributed by atoms with Gasteiger partial charge in [0.1, 0.15) is 0 Å². The SMILES string of the molecule is [Br-].[Cl-].[NH4+].[NH4+]. The lowest BCUT2D eigenvalue weighted by atomic mass is 14.0. The maximum absolute atomic E-state index is 0. The van der Waals surface area contributed by atoms with Crippen molar-refractivity contribution >= 4 is 0 Å². The molecular weight excluding hydrogens is 143 g/mol. The van der Waals surface area contributed by atoms with Gasteiger partial charge >= 0.3 is 0 Å². The molecule has 0 aromatic heterocycles. The molecule has 0 rings (SSSR count). The van der Waals surface area contributed by atoms with E-state index in [9.17, 15) is 0 Å². The van der Waals surface area contributed by atoms with Gasteiger partial charge in [-0.25, -0.2) is 0 Å². The number of halogens is 2. The van der Waals surface area contributed by atoms with Gasteiger partial charge in [-0.1, -0.05) is 0 Å². The molecule has 4 heavy (non-hydrogen) atoms. The smallest absolute Gasteiger partial charge is 0.369 e. The topological polar surface area (TPSA) is 73.0 Å². The number of rotatable bonds is 0. The molecule has 2 nitrogen and oxygen atoms in total. The minimum atomic E-state index is 0. The highest BCUT2D eigenvalue weighted by atomic mass is 79.9. The Morgan fingerprint density at radius 3 is 0.750 bits per heavy atom. The van der Waals surface area contributed by atoms with Crippen LogP contribution in [-0.2, 0) is 0 Å². The molecule has 0 spiro atoms. The van der Waals surface area contributed by atoms with Crippen molar-refractivity contribution in [2.45, 2.75) is 0 Å². The molecule has 0 bridgehead atoms. The van der Waals surface area contributed by atoms with Crippen molar-refractivity contribution in [1.82, 2.24) is 12.3 Å². The predicted molar refractivity (Wildman–Crippen MR) is 12.0 cm³/mol. The molecule has 0 saturated carbocycles. The summed E-state index contributed by atoms with van der Waals surface area (Å²) in [4.78, 5) is 0. The highest BCUT2D eigenvalue weighted by molar-refractivity contribution is 2.14. The first-order chi connectivity index (χ1) is 0. The van der Waals surface area contributed by atoms with E-state index >= 15 is 0 Å². The summed E-state index contributed by atoms with van der Waals surface area (Å²) >= 11 is 0. The normalized spacial score (nSPS) is 0. The van der Waals surface area contributed by atoms with Crippen LogP contribution in [0.1, 0.15) is 0 Å². The van der Waals surface area contributed by atoms with Crippen molar-refractivity contribution in [2.24, 2.45) is 0 Å². The first-order valence-corrected chi connectivity index (χ1v) is 0. The summed E-state index contributed by atoms with van der Waals surface area (Å²) in [5.41, 5.74) is 0. The van der Waals surface area contributed by atoms with Gasteiger partial charge in [0, 0.05) is 0 Å². The average Bonchev–Trinajstić information content (AvgIpc) is 0. The Balaban J connectivity index is 0. The van der Waals surface area contributed by atoms with Crippen molar-refractivity contribution in [3.8, 4) is 0 Å². The molecule has 0 amide bonds. The van der Waals surface area contributed by atoms with Crippen LogP contribution in [0.3, 0.4) is 0 Å². The van der Waals surface area contributed by atoms with Gasteiger partial charge in [0.15, 0.2) is 0 Å². The summed E-state index contributed by atoms with van der Waals surface area (Å²) in [6.07, 6.45) is 0. The Morgan fingerprint density at radius 2 is 0.750 bits per heavy atom. The van der Waals surface area contributed by atoms with Crippen molar-refractivity contribution in [2.75, 3.05) is 0 Å². The largest absolute Gasteiger partial charge is 1.00 e. The number of hydrogen-bond donors (Lipinski definition) is 2. The fourth-order valence-electron chi connectivity index (χ4n) is 0. The Morgan fingerprint density at radius 1 is 0.750 bits per heavy atom. The summed E-state index contributed by atoms with van der Waals surface area (Å²) in [5.74, 6) is 0. The van der Waals surface area contributed by atoms with E-state index in [0.717, 1.165) is 0 Å². The lowest BCUT2D eigenvalue weighted by Crippen LogP contribution is -3.00. The molecular formula is H8BrClN2. The quantitative estimate of drug-likeness (QED) is 0.347. The van der Waals surface area contributed by atoms with Gasteiger partial charge in [0.25, 0.3) is 0 Å². The predicted octanol–water partition coefficient (Wildman–Crippen LogP) is -5.24. The molecule has 0 aliphatic rings. The fourth-order valence-corrected chi connectivity index (χ4v) is 0. The molecule has 0 saturated heterocycles. The van der Waals surface area contributed by atoms with Crippen molar-refractivity contribution in [1.29, 1.82) is 0 Å². The van der Waals surface area contributed by atoms with Crippen LogP contribution >= 0.6 is 0 Å². The molecule has 0 atom stereocenters. The van der Waals surface area contributed by atoms with Crippen molar-refractivity contribution in [3.05, 3.63) is 0 Å². The number of quaternary nitrogens is 2. The third-order valence-corrected chi connectivity index (χ3v) is 0. The number of hydrogen-bond acceptors (Lipinski definition) is 0. The van der Waals surface area contributed by atoms with E-state index in [1.54, 1.807) is 0 Å². The van der Waals surface area contributed by atoms with E-state index < -0.39 is 0 Å². The van der Waals surface area contributed by atoms with Crippen molar-refractivity contribution in [3.63, 3.8) is 0 Å². The average molecular weight is 151 g/mol.